The minimum atomic E-state index is -5.05. The molecular formula is C12H11F3N2O3. The fourth-order valence-electron chi connectivity index (χ4n) is 1.12. The molecule has 0 heterocycles. The molecule has 0 atom stereocenters. The van der Waals surface area contributed by atoms with Gasteiger partial charge in [-0.25, -0.2) is 0 Å². The molecule has 5 nitrogen and oxygen atoms in total. The standard InChI is InChI=1S/C12H11F3N2O3/c1-20-9-5-2-8(3-6-9)4-7-10(18)16-17-11(19)12(13,14)15/h2-7H,1H3,(H,16,18)(H,17,19)/b7-4+. The zero-order valence-electron chi connectivity index (χ0n) is 10.3. The lowest BCUT2D eigenvalue weighted by Crippen LogP contribution is -2.47. The lowest BCUT2D eigenvalue weighted by Gasteiger charge is -2.07. The van der Waals surface area contributed by atoms with Gasteiger partial charge in [0, 0.05) is 6.08 Å². The van der Waals surface area contributed by atoms with Crippen molar-refractivity contribution in [2.45, 2.75) is 6.18 Å². The van der Waals surface area contributed by atoms with Gasteiger partial charge < -0.3 is 4.74 Å². The Hall–Kier alpha value is -2.51. The Morgan fingerprint density at radius 1 is 1.15 bits per heavy atom. The highest BCUT2D eigenvalue weighted by atomic mass is 19.4. The second kappa shape index (κ2) is 6.60. The van der Waals surface area contributed by atoms with Gasteiger partial charge in [-0.3, -0.25) is 20.4 Å². The third kappa shape index (κ3) is 5.01. The molecule has 1 rings (SSSR count). The van der Waals surface area contributed by atoms with Crippen molar-refractivity contribution in [1.29, 1.82) is 0 Å². The lowest BCUT2D eigenvalue weighted by atomic mass is 10.2. The van der Waals surface area contributed by atoms with Crippen molar-refractivity contribution in [3.63, 3.8) is 0 Å². The zero-order chi connectivity index (χ0) is 15.2. The number of carbonyl (C=O) groups excluding carboxylic acids is 2. The molecule has 0 aromatic heterocycles. The van der Waals surface area contributed by atoms with Gasteiger partial charge in [-0.1, -0.05) is 12.1 Å². The number of hydrogen-bond donors (Lipinski definition) is 2. The summed E-state index contributed by atoms with van der Waals surface area (Å²) in [7, 11) is 1.50. The molecule has 0 fully saturated rings. The third-order valence-electron chi connectivity index (χ3n) is 2.10. The summed E-state index contributed by atoms with van der Waals surface area (Å²) < 4.78 is 40.4. The first-order valence-electron chi connectivity index (χ1n) is 5.32. The van der Waals surface area contributed by atoms with Gasteiger partial charge in [-0.15, -0.1) is 0 Å². The molecule has 0 spiro atoms. The van der Waals surface area contributed by atoms with E-state index in [1.807, 2.05) is 0 Å². The van der Waals surface area contributed by atoms with Gasteiger partial charge in [0.2, 0.25) is 0 Å². The van der Waals surface area contributed by atoms with Crippen LogP contribution in [0.25, 0.3) is 6.08 Å². The van der Waals surface area contributed by atoms with Gasteiger partial charge in [0.15, 0.2) is 0 Å². The van der Waals surface area contributed by atoms with Crippen molar-refractivity contribution in [1.82, 2.24) is 10.9 Å². The second-order valence-electron chi connectivity index (χ2n) is 3.55. The van der Waals surface area contributed by atoms with Crippen molar-refractivity contribution in [3.8, 4) is 5.75 Å². The largest absolute Gasteiger partial charge is 0.497 e. The summed E-state index contributed by atoms with van der Waals surface area (Å²) in [5.74, 6) is -2.51. The molecule has 1 aromatic rings. The Morgan fingerprint density at radius 3 is 2.25 bits per heavy atom. The van der Waals surface area contributed by atoms with Crippen molar-refractivity contribution >= 4 is 17.9 Å². The third-order valence-corrected chi connectivity index (χ3v) is 2.10. The number of halogens is 3. The summed E-state index contributed by atoms with van der Waals surface area (Å²) in [6, 6.07) is 6.61. The lowest BCUT2D eigenvalue weighted by molar-refractivity contribution is -0.175. The Balaban J connectivity index is 2.49. The fraction of sp³-hybridized carbons (Fsp3) is 0.167. The van der Waals surface area contributed by atoms with E-state index in [-0.39, 0.29) is 0 Å². The number of hydrogen-bond acceptors (Lipinski definition) is 3. The molecule has 0 unspecified atom stereocenters. The van der Waals surface area contributed by atoms with Crippen LogP contribution in [-0.2, 0) is 9.59 Å². The molecule has 1 aromatic carbocycles. The SMILES string of the molecule is COc1ccc(/C=C/C(=O)NNC(=O)C(F)(F)F)cc1. The van der Waals surface area contributed by atoms with E-state index >= 15 is 0 Å². The maximum atomic E-state index is 11.8. The average Bonchev–Trinajstić information content (AvgIpc) is 2.41. The maximum absolute atomic E-state index is 11.8. The van der Waals surface area contributed by atoms with Crippen LogP contribution in [0.1, 0.15) is 5.56 Å². The van der Waals surface area contributed by atoms with E-state index in [0.29, 0.717) is 11.3 Å². The summed E-state index contributed by atoms with van der Waals surface area (Å²) in [4.78, 5) is 21.6. The van der Waals surface area contributed by atoms with Crippen molar-refractivity contribution < 1.29 is 27.5 Å². The first-order valence-corrected chi connectivity index (χ1v) is 5.32. The van der Waals surface area contributed by atoms with E-state index in [9.17, 15) is 22.8 Å². The number of nitrogens with one attached hydrogen (secondary N) is 2. The van der Waals surface area contributed by atoms with Crippen LogP contribution < -0.4 is 15.6 Å². The number of amides is 2. The molecule has 0 aliphatic heterocycles. The molecule has 20 heavy (non-hydrogen) atoms. The maximum Gasteiger partial charge on any atom is 0.472 e. The van der Waals surface area contributed by atoms with E-state index in [1.165, 1.54) is 18.6 Å². The quantitative estimate of drug-likeness (QED) is 0.653. The number of carbonyl (C=O) groups is 2. The van der Waals surface area contributed by atoms with Gasteiger partial charge in [0.05, 0.1) is 7.11 Å². The van der Waals surface area contributed by atoms with E-state index in [2.05, 4.69) is 0 Å². The molecule has 2 amide bonds. The second-order valence-corrected chi connectivity index (χ2v) is 3.55. The smallest absolute Gasteiger partial charge is 0.472 e. The van der Waals surface area contributed by atoms with Gasteiger partial charge in [-0.2, -0.15) is 13.2 Å². The van der Waals surface area contributed by atoms with Gasteiger partial charge >= 0.3 is 12.1 Å². The topological polar surface area (TPSA) is 67.4 Å². The molecule has 8 heteroatoms. The number of benzene rings is 1. The molecule has 0 saturated carbocycles. The van der Waals surface area contributed by atoms with E-state index in [4.69, 9.17) is 4.74 Å². The minimum absolute atomic E-state index is 0.629. The van der Waals surface area contributed by atoms with Crippen molar-refractivity contribution in [2.75, 3.05) is 7.11 Å². The van der Waals surface area contributed by atoms with Crippen LogP contribution in [0, 0.1) is 0 Å². The summed E-state index contributed by atoms with van der Waals surface area (Å²) in [5.41, 5.74) is 3.50. The summed E-state index contributed by atoms with van der Waals surface area (Å²) >= 11 is 0. The normalized spacial score (nSPS) is 11.2. The highest BCUT2D eigenvalue weighted by Crippen LogP contribution is 2.13. The molecule has 0 aliphatic rings. The van der Waals surface area contributed by atoms with Crippen molar-refractivity contribution in [3.05, 3.63) is 35.9 Å². The number of methoxy groups -OCH3 is 1. The van der Waals surface area contributed by atoms with Gasteiger partial charge in [0.1, 0.15) is 5.75 Å². The van der Waals surface area contributed by atoms with Crippen LogP contribution in [0.3, 0.4) is 0 Å². The van der Waals surface area contributed by atoms with Crippen molar-refractivity contribution in [2.24, 2.45) is 0 Å². The minimum Gasteiger partial charge on any atom is -0.497 e. The van der Waals surface area contributed by atoms with Crippen LogP contribution in [0.4, 0.5) is 13.2 Å². The average molecular weight is 288 g/mol. The fourth-order valence-corrected chi connectivity index (χ4v) is 1.12. The Bertz CT molecular complexity index is 510. The van der Waals surface area contributed by atoms with E-state index in [1.54, 1.807) is 29.7 Å². The first kappa shape index (κ1) is 15.5. The predicted molar refractivity (Wildman–Crippen MR) is 64.4 cm³/mol. The number of rotatable bonds is 3. The first-order chi connectivity index (χ1) is 9.32. The molecular weight excluding hydrogens is 277 g/mol. The highest BCUT2D eigenvalue weighted by Gasteiger charge is 2.38. The monoisotopic (exact) mass is 288 g/mol. The Kier molecular flexibility index (Phi) is 5.13. The van der Waals surface area contributed by atoms with E-state index < -0.39 is 18.0 Å². The number of hydrazine groups is 1. The predicted octanol–water partition coefficient (Wildman–Crippen LogP) is 1.42. The van der Waals surface area contributed by atoms with Crippen LogP contribution in [0.5, 0.6) is 5.75 Å². The van der Waals surface area contributed by atoms with Crippen LogP contribution in [0.15, 0.2) is 30.3 Å². The molecule has 0 radical (unpaired) electrons. The Morgan fingerprint density at radius 2 is 1.75 bits per heavy atom. The summed E-state index contributed by atoms with van der Waals surface area (Å²) in [6.07, 6.45) is -2.69. The van der Waals surface area contributed by atoms with Gasteiger partial charge in [0.25, 0.3) is 5.91 Å². The molecule has 108 valence electrons. The molecule has 0 saturated heterocycles. The highest BCUT2D eigenvalue weighted by molar-refractivity contribution is 5.93. The molecule has 0 aliphatic carbocycles. The van der Waals surface area contributed by atoms with E-state index in [0.717, 1.165) is 6.08 Å². The number of alkyl halides is 3. The van der Waals surface area contributed by atoms with Gasteiger partial charge in [-0.05, 0) is 23.8 Å². The summed E-state index contributed by atoms with van der Waals surface area (Å²) in [5, 5.41) is 0. The Labute approximate surface area is 112 Å². The van der Waals surface area contributed by atoms with Crippen LogP contribution in [0.2, 0.25) is 0 Å². The number of ether oxygens (including phenoxy) is 1. The van der Waals surface area contributed by atoms with Crippen LogP contribution >= 0.6 is 0 Å². The van der Waals surface area contributed by atoms with Crippen LogP contribution in [-0.4, -0.2) is 25.1 Å². The summed E-state index contributed by atoms with van der Waals surface area (Å²) in [6.45, 7) is 0. The zero-order valence-corrected chi connectivity index (χ0v) is 10.3. The molecule has 0 bridgehead atoms. The molecule has 2 N–H and O–H groups in total.